The molecule has 2 aromatic carbocycles. The zero-order valence-electron chi connectivity index (χ0n) is 17.3. The lowest BCUT2D eigenvalue weighted by atomic mass is 10.0. The summed E-state index contributed by atoms with van der Waals surface area (Å²) in [6, 6.07) is 9.44. The summed E-state index contributed by atoms with van der Waals surface area (Å²) in [4.78, 5) is 12.9. The van der Waals surface area contributed by atoms with E-state index in [1.54, 1.807) is 7.11 Å². The first kappa shape index (κ1) is 22.7. The van der Waals surface area contributed by atoms with E-state index in [4.69, 9.17) is 4.74 Å². The fraction of sp³-hybridized carbons (Fsp3) is 0.381. The molecule has 1 amide bonds. The number of ether oxygens (including phenoxy) is 1. The van der Waals surface area contributed by atoms with E-state index in [2.05, 4.69) is 5.32 Å². The predicted octanol–water partition coefficient (Wildman–Crippen LogP) is 3.56. The molecular weight excluding hydrogens is 395 g/mol. The molecule has 6 nitrogen and oxygen atoms in total. The number of hydrogen-bond donors (Lipinski definition) is 1. The van der Waals surface area contributed by atoms with Gasteiger partial charge >= 0.3 is 0 Å². The monoisotopic (exact) mass is 422 g/mol. The van der Waals surface area contributed by atoms with Gasteiger partial charge in [0.25, 0.3) is 0 Å². The second-order valence-electron chi connectivity index (χ2n) is 6.91. The van der Waals surface area contributed by atoms with Gasteiger partial charge < -0.3 is 10.1 Å². The Morgan fingerprint density at radius 3 is 2.45 bits per heavy atom. The highest BCUT2D eigenvalue weighted by Gasteiger charge is 2.30. The molecule has 158 valence electrons. The maximum absolute atomic E-state index is 13.6. The number of aryl methyl sites for hydroxylation is 1. The zero-order chi connectivity index (χ0) is 21.8. The number of rotatable bonds is 8. The van der Waals surface area contributed by atoms with Gasteiger partial charge in [0.1, 0.15) is 17.6 Å². The molecule has 1 N–H and O–H groups in total. The van der Waals surface area contributed by atoms with Gasteiger partial charge in [0.2, 0.25) is 15.9 Å². The number of sulfonamides is 1. The summed E-state index contributed by atoms with van der Waals surface area (Å²) in [6.45, 7) is 5.32. The highest BCUT2D eigenvalue weighted by Crippen LogP contribution is 2.26. The lowest BCUT2D eigenvalue weighted by molar-refractivity contribution is -0.122. The number of halogens is 1. The molecule has 0 saturated carbocycles. The topological polar surface area (TPSA) is 75.7 Å². The van der Waals surface area contributed by atoms with Crippen LogP contribution in [0.15, 0.2) is 42.5 Å². The Morgan fingerprint density at radius 1 is 1.24 bits per heavy atom. The molecule has 0 radical (unpaired) electrons. The first-order valence-corrected chi connectivity index (χ1v) is 11.1. The normalized spacial score (nSPS) is 13.4. The van der Waals surface area contributed by atoms with Crippen LogP contribution in [0.2, 0.25) is 0 Å². The third kappa shape index (κ3) is 5.47. The molecule has 0 unspecified atom stereocenters. The van der Waals surface area contributed by atoms with Crippen molar-refractivity contribution in [3.05, 3.63) is 59.4 Å². The van der Waals surface area contributed by atoms with Crippen molar-refractivity contribution in [3.63, 3.8) is 0 Å². The van der Waals surface area contributed by atoms with Gasteiger partial charge in [0.15, 0.2) is 0 Å². The summed E-state index contributed by atoms with van der Waals surface area (Å²) < 4.78 is 44.5. The van der Waals surface area contributed by atoms with E-state index < -0.39 is 27.8 Å². The maximum atomic E-state index is 13.6. The molecule has 0 heterocycles. The summed E-state index contributed by atoms with van der Waals surface area (Å²) in [5.74, 6) is -0.304. The van der Waals surface area contributed by atoms with Crippen molar-refractivity contribution >= 4 is 21.6 Å². The van der Waals surface area contributed by atoms with Crippen LogP contribution < -0.4 is 14.4 Å². The number of hydrogen-bond acceptors (Lipinski definition) is 4. The van der Waals surface area contributed by atoms with Gasteiger partial charge in [0.05, 0.1) is 25.1 Å². The van der Waals surface area contributed by atoms with Crippen LogP contribution in [0.5, 0.6) is 5.75 Å². The number of nitrogens with one attached hydrogen (secondary N) is 1. The van der Waals surface area contributed by atoms with Crippen LogP contribution in [0.1, 0.15) is 37.4 Å². The number of methoxy groups -OCH3 is 1. The van der Waals surface area contributed by atoms with E-state index in [1.165, 1.54) is 25.1 Å². The van der Waals surface area contributed by atoms with Gasteiger partial charge in [-0.25, -0.2) is 12.8 Å². The molecule has 29 heavy (non-hydrogen) atoms. The van der Waals surface area contributed by atoms with Crippen molar-refractivity contribution in [2.24, 2.45) is 0 Å². The molecule has 0 fully saturated rings. The van der Waals surface area contributed by atoms with Gasteiger partial charge in [-0.1, -0.05) is 25.1 Å². The summed E-state index contributed by atoms with van der Waals surface area (Å²) in [5, 5.41) is 2.90. The first-order valence-electron chi connectivity index (χ1n) is 9.28. The molecule has 0 aliphatic heterocycles. The molecule has 8 heteroatoms. The van der Waals surface area contributed by atoms with Crippen LogP contribution in [0.4, 0.5) is 10.1 Å². The molecule has 0 aromatic heterocycles. The summed E-state index contributed by atoms with van der Waals surface area (Å²) in [6.07, 6.45) is 1.61. The third-order valence-electron chi connectivity index (χ3n) is 4.70. The van der Waals surface area contributed by atoms with Crippen LogP contribution in [0.25, 0.3) is 0 Å². The van der Waals surface area contributed by atoms with Crippen molar-refractivity contribution in [1.82, 2.24) is 5.32 Å². The Bertz CT molecular complexity index is 978. The summed E-state index contributed by atoms with van der Waals surface area (Å²) >= 11 is 0. The molecular formula is C21H27FN2O4S. The van der Waals surface area contributed by atoms with E-state index in [0.29, 0.717) is 6.42 Å². The van der Waals surface area contributed by atoms with Crippen molar-refractivity contribution in [2.45, 2.75) is 39.3 Å². The average molecular weight is 423 g/mol. The summed E-state index contributed by atoms with van der Waals surface area (Å²) in [5.41, 5.74) is 1.93. The van der Waals surface area contributed by atoms with Gasteiger partial charge in [-0.05, 0) is 55.7 Å². The minimum Gasteiger partial charge on any atom is -0.496 e. The zero-order valence-corrected chi connectivity index (χ0v) is 18.1. The number of benzene rings is 2. The number of anilines is 1. The molecule has 2 aromatic rings. The smallest absolute Gasteiger partial charge is 0.244 e. The van der Waals surface area contributed by atoms with E-state index in [-0.39, 0.29) is 11.7 Å². The Kier molecular flexibility index (Phi) is 7.24. The lowest BCUT2D eigenvalue weighted by Crippen LogP contribution is -2.48. The number of amides is 1. The Morgan fingerprint density at radius 2 is 1.93 bits per heavy atom. The standard InChI is InChI=1S/C21H27FN2O4S/c1-6-19(16-10-11-20(28-4)14(2)12-16)23-21(25)15(3)24(29(5,26)27)18-9-7-8-17(22)13-18/h7-13,15,19H,6H2,1-5H3,(H,23,25)/t15-,19+/m0/s1. The molecule has 0 aliphatic rings. The van der Waals surface area contributed by atoms with E-state index in [9.17, 15) is 17.6 Å². The Hall–Kier alpha value is -2.61. The minimum atomic E-state index is -3.81. The molecule has 0 saturated heterocycles. The Labute approximate surface area is 171 Å². The van der Waals surface area contributed by atoms with Crippen LogP contribution >= 0.6 is 0 Å². The second-order valence-corrected chi connectivity index (χ2v) is 8.77. The van der Waals surface area contributed by atoms with Crippen LogP contribution in [-0.2, 0) is 14.8 Å². The lowest BCUT2D eigenvalue weighted by Gasteiger charge is -2.30. The van der Waals surface area contributed by atoms with E-state index in [0.717, 1.165) is 33.5 Å². The van der Waals surface area contributed by atoms with Crippen LogP contribution in [-0.4, -0.2) is 33.7 Å². The SMILES string of the molecule is CC[C@@H](NC(=O)[C@H](C)N(c1cccc(F)c1)S(C)(=O)=O)c1ccc(OC)c(C)c1. The van der Waals surface area contributed by atoms with Gasteiger partial charge in [0, 0.05) is 0 Å². The van der Waals surface area contributed by atoms with Crippen LogP contribution in [0.3, 0.4) is 0 Å². The number of nitrogens with zero attached hydrogens (tertiary/aromatic N) is 1. The Balaban J connectivity index is 2.29. The van der Waals surface area contributed by atoms with Crippen molar-refractivity contribution < 1.29 is 22.3 Å². The molecule has 0 spiro atoms. The molecule has 0 aliphatic carbocycles. The predicted molar refractivity (Wildman–Crippen MR) is 112 cm³/mol. The second kappa shape index (κ2) is 9.26. The molecule has 2 atom stereocenters. The quantitative estimate of drug-likeness (QED) is 0.706. The van der Waals surface area contributed by atoms with Gasteiger partial charge in [-0.15, -0.1) is 0 Å². The first-order chi connectivity index (χ1) is 13.6. The largest absolute Gasteiger partial charge is 0.496 e. The van der Waals surface area contributed by atoms with Crippen LogP contribution in [0, 0.1) is 12.7 Å². The van der Waals surface area contributed by atoms with E-state index >= 15 is 0 Å². The molecule has 2 rings (SSSR count). The minimum absolute atomic E-state index is 0.100. The fourth-order valence-electron chi connectivity index (χ4n) is 3.25. The maximum Gasteiger partial charge on any atom is 0.244 e. The van der Waals surface area contributed by atoms with Gasteiger partial charge in [-0.2, -0.15) is 0 Å². The van der Waals surface area contributed by atoms with Crippen molar-refractivity contribution in [3.8, 4) is 5.75 Å². The van der Waals surface area contributed by atoms with Crippen molar-refractivity contribution in [2.75, 3.05) is 17.7 Å². The summed E-state index contributed by atoms with van der Waals surface area (Å²) in [7, 11) is -2.22. The van der Waals surface area contributed by atoms with Crippen molar-refractivity contribution in [1.29, 1.82) is 0 Å². The highest BCUT2D eigenvalue weighted by molar-refractivity contribution is 7.92. The highest BCUT2D eigenvalue weighted by atomic mass is 32.2. The van der Waals surface area contributed by atoms with E-state index in [1.807, 2.05) is 32.0 Å². The van der Waals surface area contributed by atoms with Gasteiger partial charge in [-0.3, -0.25) is 9.10 Å². The molecule has 0 bridgehead atoms. The average Bonchev–Trinajstić information content (AvgIpc) is 2.64. The number of carbonyl (C=O) groups is 1. The number of carbonyl (C=O) groups excluding carboxylic acids is 1. The third-order valence-corrected chi connectivity index (χ3v) is 5.94. The fourth-order valence-corrected chi connectivity index (χ4v) is 4.42.